The lowest BCUT2D eigenvalue weighted by atomic mass is 10.2. The number of rotatable bonds is 4. The van der Waals surface area contributed by atoms with Gasteiger partial charge in [-0.05, 0) is 18.9 Å². The zero-order valence-electron chi connectivity index (χ0n) is 12.1. The predicted molar refractivity (Wildman–Crippen MR) is 79.7 cm³/mol. The van der Waals surface area contributed by atoms with Gasteiger partial charge in [-0.1, -0.05) is 13.8 Å². The van der Waals surface area contributed by atoms with E-state index in [-0.39, 0.29) is 5.91 Å². The molecule has 106 valence electrons. The van der Waals surface area contributed by atoms with Crippen molar-refractivity contribution in [3.05, 3.63) is 29.0 Å². The van der Waals surface area contributed by atoms with Gasteiger partial charge in [-0.3, -0.25) is 4.79 Å². The molecule has 0 spiro atoms. The van der Waals surface area contributed by atoms with Gasteiger partial charge in [-0.15, -0.1) is 11.3 Å². The molecular formula is C14H18N4OS. The van der Waals surface area contributed by atoms with Crippen LogP contribution in [0.2, 0.25) is 0 Å². The first-order chi connectivity index (χ1) is 9.49. The van der Waals surface area contributed by atoms with E-state index in [4.69, 9.17) is 0 Å². The van der Waals surface area contributed by atoms with E-state index in [0.29, 0.717) is 21.6 Å². The fraction of sp³-hybridized carbons (Fsp3) is 0.429. The topological polar surface area (TPSA) is 59.0 Å². The summed E-state index contributed by atoms with van der Waals surface area (Å²) in [5, 5.41) is 0.685. The average Bonchev–Trinajstić information content (AvgIpc) is 2.80. The van der Waals surface area contributed by atoms with Crippen molar-refractivity contribution >= 4 is 17.2 Å². The predicted octanol–water partition coefficient (Wildman–Crippen LogP) is 2.64. The van der Waals surface area contributed by atoms with Crippen LogP contribution < -0.4 is 0 Å². The van der Waals surface area contributed by atoms with Crippen LogP contribution in [-0.2, 0) is 0 Å². The number of aryl methyl sites for hydroxylation is 1. The number of aromatic nitrogens is 3. The third kappa shape index (κ3) is 3.19. The van der Waals surface area contributed by atoms with Gasteiger partial charge in [0, 0.05) is 26.0 Å². The standard InChI is InChI=1S/C14H18N4OS/c1-9(2)8-18(4)14(19)11-10(3)17-13(20-11)12-15-6-5-7-16-12/h5-7,9H,8H2,1-4H3. The van der Waals surface area contributed by atoms with Crippen molar-refractivity contribution in [2.45, 2.75) is 20.8 Å². The van der Waals surface area contributed by atoms with E-state index in [9.17, 15) is 4.79 Å². The maximum atomic E-state index is 12.4. The van der Waals surface area contributed by atoms with E-state index in [1.165, 1.54) is 11.3 Å². The second kappa shape index (κ2) is 6.09. The van der Waals surface area contributed by atoms with Crippen LogP contribution in [0.4, 0.5) is 0 Å². The Labute approximate surface area is 122 Å². The maximum Gasteiger partial charge on any atom is 0.265 e. The van der Waals surface area contributed by atoms with Crippen LogP contribution in [0.3, 0.4) is 0 Å². The molecule has 6 heteroatoms. The molecule has 0 saturated heterocycles. The number of amides is 1. The molecule has 0 aliphatic carbocycles. The highest BCUT2D eigenvalue weighted by Crippen LogP contribution is 2.26. The first-order valence-electron chi connectivity index (χ1n) is 6.49. The summed E-state index contributed by atoms with van der Waals surface area (Å²) >= 11 is 1.35. The van der Waals surface area contributed by atoms with Crippen molar-refractivity contribution in [3.63, 3.8) is 0 Å². The minimum absolute atomic E-state index is 0.0101. The van der Waals surface area contributed by atoms with Crippen LogP contribution in [0, 0.1) is 12.8 Å². The van der Waals surface area contributed by atoms with Crippen molar-refractivity contribution in [1.29, 1.82) is 0 Å². The zero-order valence-corrected chi connectivity index (χ0v) is 12.9. The normalized spacial score (nSPS) is 10.8. The highest BCUT2D eigenvalue weighted by Gasteiger charge is 2.20. The lowest BCUT2D eigenvalue weighted by Crippen LogP contribution is -2.30. The second-order valence-corrected chi connectivity index (χ2v) is 6.08. The first kappa shape index (κ1) is 14.6. The highest BCUT2D eigenvalue weighted by atomic mass is 32.1. The molecule has 2 heterocycles. The van der Waals surface area contributed by atoms with Gasteiger partial charge in [-0.2, -0.15) is 0 Å². The van der Waals surface area contributed by atoms with Crippen LogP contribution in [-0.4, -0.2) is 39.4 Å². The molecule has 2 rings (SSSR count). The minimum atomic E-state index is 0.0101. The van der Waals surface area contributed by atoms with E-state index >= 15 is 0 Å². The Kier molecular flexibility index (Phi) is 4.44. The van der Waals surface area contributed by atoms with Gasteiger partial charge in [-0.25, -0.2) is 15.0 Å². The lowest BCUT2D eigenvalue weighted by molar-refractivity contribution is 0.0783. The molecule has 0 aliphatic heterocycles. The van der Waals surface area contributed by atoms with E-state index in [1.807, 2.05) is 14.0 Å². The van der Waals surface area contributed by atoms with Gasteiger partial charge in [0.25, 0.3) is 5.91 Å². The molecule has 0 radical (unpaired) electrons. The third-order valence-electron chi connectivity index (χ3n) is 2.73. The summed E-state index contributed by atoms with van der Waals surface area (Å²) in [6.45, 7) is 6.76. The summed E-state index contributed by atoms with van der Waals surface area (Å²) in [6.07, 6.45) is 3.34. The average molecular weight is 290 g/mol. The van der Waals surface area contributed by atoms with Gasteiger partial charge in [0.15, 0.2) is 10.8 Å². The van der Waals surface area contributed by atoms with Gasteiger partial charge in [0.05, 0.1) is 5.69 Å². The Morgan fingerprint density at radius 2 is 2.00 bits per heavy atom. The molecule has 5 nitrogen and oxygen atoms in total. The van der Waals surface area contributed by atoms with E-state index < -0.39 is 0 Å². The van der Waals surface area contributed by atoms with Crippen molar-refractivity contribution in [1.82, 2.24) is 19.9 Å². The molecule has 0 fully saturated rings. The summed E-state index contributed by atoms with van der Waals surface area (Å²) < 4.78 is 0. The summed E-state index contributed by atoms with van der Waals surface area (Å²) in [5.41, 5.74) is 0.734. The Balaban J connectivity index is 2.26. The molecular weight excluding hydrogens is 272 g/mol. The highest BCUT2D eigenvalue weighted by molar-refractivity contribution is 7.17. The molecule has 2 aromatic heterocycles. The smallest absolute Gasteiger partial charge is 0.265 e. The Morgan fingerprint density at radius 1 is 1.35 bits per heavy atom. The zero-order chi connectivity index (χ0) is 14.7. The SMILES string of the molecule is Cc1nc(-c2ncccn2)sc1C(=O)N(C)CC(C)C. The third-order valence-corrected chi connectivity index (χ3v) is 3.87. The molecule has 0 aromatic carbocycles. The number of carbonyl (C=O) groups excluding carboxylic acids is 1. The van der Waals surface area contributed by atoms with Crippen molar-refractivity contribution in [2.75, 3.05) is 13.6 Å². The van der Waals surface area contributed by atoms with Crippen LogP contribution in [0.5, 0.6) is 0 Å². The molecule has 2 aromatic rings. The lowest BCUT2D eigenvalue weighted by Gasteiger charge is -2.18. The molecule has 1 amide bonds. The Bertz CT molecular complexity index is 594. The van der Waals surface area contributed by atoms with Gasteiger partial charge >= 0.3 is 0 Å². The summed E-state index contributed by atoms with van der Waals surface area (Å²) in [4.78, 5) is 27.5. The molecule has 0 aliphatic rings. The summed E-state index contributed by atoms with van der Waals surface area (Å²) in [5.74, 6) is 1.01. The largest absolute Gasteiger partial charge is 0.341 e. The van der Waals surface area contributed by atoms with Gasteiger partial charge < -0.3 is 4.90 Å². The molecule has 0 N–H and O–H groups in total. The quantitative estimate of drug-likeness (QED) is 0.868. The maximum absolute atomic E-state index is 12.4. The van der Waals surface area contributed by atoms with Crippen molar-refractivity contribution < 1.29 is 4.79 Å². The number of thiazole rings is 1. The monoisotopic (exact) mass is 290 g/mol. The van der Waals surface area contributed by atoms with E-state index in [1.54, 1.807) is 23.4 Å². The molecule has 0 saturated carbocycles. The molecule has 0 atom stereocenters. The summed E-state index contributed by atoms with van der Waals surface area (Å²) in [7, 11) is 1.82. The number of carbonyl (C=O) groups is 1. The van der Waals surface area contributed by atoms with Crippen LogP contribution in [0.25, 0.3) is 10.8 Å². The van der Waals surface area contributed by atoms with Crippen LogP contribution in [0.15, 0.2) is 18.5 Å². The molecule has 20 heavy (non-hydrogen) atoms. The number of hydrogen-bond donors (Lipinski definition) is 0. The van der Waals surface area contributed by atoms with Crippen LogP contribution in [0.1, 0.15) is 29.2 Å². The fourth-order valence-corrected chi connectivity index (χ4v) is 2.91. The number of hydrogen-bond acceptors (Lipinski definition) is 5. The second-order valence-electron chi connectivity index (χ2n) is 5.09. The van der Waals surface area contributed by atoms with Gasteiger partial charge in [0.2, 0.25) is 0 Å². The van der Waals surface area contributed by atoms with E-state index in [0.717, 1.165) is 12.2 Å². The van der Waals surface area contributed by atoms with Crippen molar-refractivity contribution in [3.8, 4) is 10.8 Å². The minimum Gasteiger partial charge on any atom is -0.341 e. The van der Waals surface area contributed by atoms with E-state index in [2.05, 4.69) is 28.8 Å². The number of nitrogens with zero attached hydrogens (tertiary/aromatic N) is 4. The Morgan fingerprint density at radius 3 is 2.60 bits per heavy atom. The van der Waals surface area contributed by atoms with Gasteiger partial charge in [0.1, 0.15) is 4.88 Å². The molecule has 0 unspecified atom stereocenters. The molecule has 0 bridgehead atoms. The Hall–Kier alpha value is -1.82. The van der Waals surface area contributed by atoms with Crippen molar-refractivity contribution in [2.24, 2.45) is 5.92 Å². The summed E-state index contributed by atoms with van der Waals surface area (Å²) in [6, 6.07) is 1.76. The van der Waals surface area contributed by atoms with Crippen LogP contribution >= 0.6 is 11.3 Å². The first-order valence-corrected chi connectivity index (χ1v) is 7.31. The fourth-order valence-electron chi connectivity index (χ4n) is 1.90.